The van der Waals surface area contributed by atoms with Crippen molar-refractivity contribution in [3.05, 3.63) is 76.2 Å². The molecule has 6 nitrogen and oxygen atoms in total. The number of benzene rings is 2. The molecule has 0 radical (unpaired) electrons. The van der Waals surface area contributed by atoms with Crippen LogP contribution in [0, 0.1) is 6.92 Å². The Labute approximate surface area is 190 Å². The van der Waals surface area contributed by atoms with Crippen molar-refractivity contribution in [1.29, 1.82) is 0 Å². The first-order chi connectivity index (χ1) is 15.3. The lowest BCUT2D eigenvalue weighted by molar-refractivity contribution is -0.136. The number of aliphatic carboxylic acids is 1. The van der Waals surface area contributed by atoms with Crippen LogP contribution in [0.3, 0.4) is 0 Å². The summed E-state index contributed by atoms with van der Waals surface area (Å²) in [7, 11) is 0. The van der Waals surface area contributed by atoms with Crippen LogP contribution < -0.4 is 4.90 Å². The van der Waals surface area contributed by atoms with Crippen LogP contribution in [0.15, 0.2) is 54.6 Å². The third kappa shape index (κ3) is 5.42. The van der Waals surface area contributed by atoms with E-state index in [-0.39, 0.29) is 17.2 Å². The first kappa shape index (κ1) is 23.2. The summed E-state index contributed by atoms with van der Waals surface area (Å²) in [5.41, 5.74) is 3.66. The van der Waals surface area contributed by atoms with Crippen LogP contribution in [0.5, 0.6) is 0 Å². The maximum absolute atomic E-state index is 13.2. The van der Waals surface area contributed by atoms with Crippen LogP contribution in [0.2, 0.25) is 0 Å². The summed E-state index contributed by atoms with van der Waals surface area (Å²) in [6.07, 6.45) is 1.17. The molecule has 166 valence electrons. The minimum absolute atomic E-state index is 0.0543. The smallest absolute Gasteiger partial charge is 0.348 e. The van der Waals surface area contributed by atoms with Crippen LogP contribution in [-0.4, -0.2) is 34.6 Å². The van der Waals surface area contributed by atoms with Crippen molar-refractivity contribution in [3.8, 4) is 10.4 Å². The fourth-order valence-electron chi connectivity index (χ4n) is 3.37. The van der Waals surface area contributed by atoms with E-state index >= 15 is 0 Å². The summed E-state index contributed by atoms with van der Waals surface area (Å²) in [5, 5.41) is 18.7. The number of carbonyl (C=O) groups excluding carboxylic acids is 1. The van der Waals surface area contributed by atoms with E-state index in [0.29, 0.717) is 30.6 Å². The minimum atomic E-state index is -1.08. The lowest BCUT2D eigenvalue weighted by Gasteiger charge is -2.22. The molecule has 0 unspecified atom stereocenters. The second-order valence-corrected chi connectivity index (χ2v) is 8.60. The van der Waals surface area contributed by atoms with Crippen LogP contribution >= 0.6 is 11.3 Å². The number of thiophene rings is 1. The Balaban J connectivity index is 1.96. The van der Waals surface area contributed by atoms with Crippen LogP contribution in [0.4, 0.5) is 5.69 Å². The highest BCUT2D eigenvalue weighted by molar-refractivity contribution is 7.18. The summed E-state index contributed by atoms with van der Waals surface area (Å²) in [6.45, 7) is 4.29. The van der Waals surface area contributed by atoms with Crippen molar-refractivity contribution in [3.63, 3.8) is 0 Å². The molecule has 0 aliphatic rings. The molecule has 0 saturated carbocycles. The zero-order chi connectivity index (χ0) is 23.3. The minimum Gasteiger partial charge on any atom is -0.481 e. The maximum Gasteiger partial charge on any atom is 0.348 e. The van der Waals surface area contributed by atoms with Crippen molar-refractivity contribution in [2.24, 2.45) is 0 Å². The second-order valence-electron chi connectivity index (χ2n) is 7.54. The number of hydrogen-bond donors (Lipinski definition) is 2. The maximum atomic E-state index is 13.2. The van der Waals surface area contributed by atoms with E-state index in [1.54, 1.807) is 18.2 Å². The molecule has 0 atom stereocenters. The Kier molecular flexibility index (Phi) is 7.43. The summed E-state index contributed by atoms with van der Waals surface area (Å²) in [5.74, 6) is -2.16. The molecule has 0 aliphatic heterocycles. The normalized spacial score (nSPS) is 10.7. The number of carbonyl (C=O) groups is 3. The van der Waals surface area contributed by atoms with E-state index in [0.717, 1.165) is 32.9 Å². The zero-order valence-corrected chi connectivity index (χ0v) is 18.8. The Morgan fingerprint density at radius 1 is 0.969 bits per heavy atom. The van der Waals surface area contributed by atoms with E-state index in [2.05, 4.69) is 0 Å². The highest BCUT2D eigenvalue weighted by Gasteiger charge is 2.25. The zero-order valence-electron chi connectivity index (χ0n) is 18.0. The van der Waals surface area contributed by atoms with Gasteiger partial charge in [0, 0.05) is 23.4 Å². The number of hydrogen-bond acceptors (Lipinski definition) is 4. The largest absolute Gasteiger partial charge is 0.481 e. The third-order valence-electron chi connectivity index (χ3n) is 5.05. The van der Waals surface area contributed by atoms with Gasteiger partial charge in [-0.25, -0.2) is 4.79 Å². The molecule has 32 heavy (non-hydrogen) atoms. The molecule has 0 bridgehead atoms. The number of carboxylic acids is 2. The van der Waals surface area contributed by atoms with Gasteiger partial charge in [0.15, 0.2) is 0 Å². The highest BCUT2D eigenvalue weighted by Crippen LogP contribution is 2.38. The number of rotatable bonds is 9. The molecule has 3 aromatic rings. The number of aryl methyl sites for hydroxylation is 2. The average Bonchev–Trinajstić information content (AvgIpc) is 3.22. The van der Waals surface area contributed by atoms with Crippen LogP contribution in [0.25, 0.3) is 10.4 Å². The first-order valence-corrected chi connectivity index (χ1v) is 11.2. The standard InChI is InChI=1S/C25H25NO5S/c1-3-14-26(24(29)19-9-4-16(2)5-10-19)20-15-21(32-23(20)25(30)31)18-11-6-17(7-12-18)8-13-22(27)28/h4-7,9-12,15H,3,8,13-14H2,1-2H3,(H,27,28)(H,30,31). The number of anilines is 1. The van der Waals surface area contributed by atoms with Crippen molar-refractivity contribution < 1.29 is 24.6 Å². The Bertz CT molecular complexity index is 1120. The molecule has 0 spiro atoms. The van der Waals surface area contributed by atoms with Gasteiger partial charge in [0.25, 0.3) is 5.91 Å². The van der Waals surface area contributed by atoms with Gasteiger partial charge < -0.3 is 15.1 Å². The average molecular weight is 452 g/mol. The Morgan fingerprint density at radius 3 is 2.19 bits per heavy atom. The van der Waals surface area contributed by atoms with E-state index in [1.165, 1.54) is 4.90 Å². The summed E-state index contributed by atoms with van der Waals surface area (Å²) in [4.78, 5) is 38.4. The summed E-state index contributed by atoms with van der Waals surface area (Å²) < 4.78 is 0. The molecule has 7 heteroatoms. The lowest BCUT2D eigenvalue weighted by Crippen LogP contribution is -2.32. The molecule has 1 heterocycles. The number of nitrogens with zero attached hydrogens (tertiary/aromatic N) is 1. The Morgan fingerprint density at radius 2 is 1.62 bits per heavy atom. The molecule has 0 fully saturated rings. The van der Waals surface area contributed by atoms with E-state index < -0.39 is 11.9 Å². The SMILES string of the molecule is CCCN(C(=O)c1ccc(C)cc1)c1cc(-c2ccc(CCC(=O)O)cc2)sc1C(=O)O. The van der Waals surface area contributed by atoms with Gasteiger partial charge in [-0.05, 0) is 49.1 Å². The van der Waals surface area contributed by atoms with Crippen molar-refractivity contribution in [2.45, 2.75) is 33.1 Å². The molecule has 1 amide bonds. The fourth-order valence-corrected chi connectivity index (χ4v) is 4.38. The molecular weight excluding hydrogens is 426 g/mol. The van der Waals surface area contributed by atoms with Crippen molar-refractivity contribution in [2.75, 3.05) is 11.4 Å². The highest BCUT2D eigenvalue weighted by atomic mass is 32.1. The van der Waals surface area contributed by atoms with Gasteiger partial charge in [0.2, 0.25) is 0 Å². The molecule has 2 aromatic carbocycles. The second kappa shape index (κ2) is 10.2. The van der Waals surface area contributed by atoms with Crippen molar-refractivity contribution in [1.82, 2.24) is 0 Å². The monoisotopic (exact) mass is 451 g/mol. The van der Waals surface area contributed by atoms with Gasteiger partial charge in [-0.2, -0.15) is 0 Å². The molecule has 2 N–H and O–H groups in total. The predicted octanol–water partition coefficient (Wildman–Crippen LogP) is 5.50. The molecular formula is C25H25NO5S. The van der Waals surface area contributed by atoms with Crippen LogP contribution in [-0.2, 0) is 11.2 Å². The van der Waals surface area contributed by atoms with E-state index in [1.807, 2.05) is 50.2 Å². The van der Waals surface area contributed by atoms with Gasteiger partial charge in [-0.15, -0.1) is 11.3 Å². The lowest BCUT2D eigenvalue weighted by atomic mass is 10.1. The van der Waals surface area contributed by atoms with Crippen molar-refractivity contribution >= 4 is 34.9 Å². The van der Waals surface area contributed by atoms with E-state index in [4.69, 9.17) is 5.11 Å². The van der Waals surface area contributed by atoms with Crippen LogP contribution in [0.1, 0.15) is 50.9 Å². The van der Waals surface area contributed by atoms with E-state index in [9.17, 15) is 19.5 Å². The third-order valence-corrected chi connectivity index (χ3v) is 6.22. The van der Waals surface area contributed by atoms with Gasteiger partial charge in [0.05, 0.1) is 5.69 Å². The molecule has 0 saturated heterocycles. The van der Waals surface area contributed by atoms with Gasteiger partial charge >= 0.3 is 11.9 Å². The van der Waals surface area contributed by atoms with Gasteiger partial charge in [-0.3, -0.25) is 9.59 Å². The van der Waals surface area contributed by atoms with Gasteiger partial charge in [0.1, 0.15) is 4.88 Å². The first-order valence-electron chi connectivity index (χ1n) is 10.4. The summed E-state index contributed by atoms with van der Waals surface area (Å²) in [6, 6.07) is 16.4. The number of amides is 1. The predicted molar refractivity (Wildman–Crippen MR) is 126 cm³/mol. The fraction of sp³-hybridized carbons (Fsp3) is 0.240. The topological polar surface area (TPSA) is 94.9 Å². The molecule has 0 aliphatic carbocycles. The number of aromatic carboxylic acids is 1. The quantitative estimate of drug-likeness (QED) is 0.448. The summed E-state index contributed by atoms with van der Waals surface area (Å²) >= 11 is 1.13. The Hall–Kier alpha value is -3.45. The molecule has 3 rings (SSSR count). The number of carboxylic acid groups (broad SMARTS) is 2. The molecule has 1 aromatic heterocycles. The van der Waals surface area contributed by atoms with Gasteiger partial charge in [-0.1, -0.05) is 48.9 Å².